The molecule has 0 aliphatic heterocycles. The van der Waals surface area contributed by atoms with Gasteiger partial charge >= 0.3 is 19.6 Å². The summed E-state index contributed by atoms with van der Waals surface area (Å²) >= 11 is 0. The fraction of sp³-hybridized carbons (Fsp3) is 0.0526. The van der Waals surface area contributed by atoms with Gasteiger partial charge in [-0.05, 0) is 35.4 Å². The van der Waals surface area contributed by atoms with Crippen LogP contribution in [0, 0.1) is 6.92 Å². The molecule has 0 atom stereocenters. The first-order chi connectivity index (χ1) is 12.4. The molecule has 0 aliphatic rings. The number of aryl methyl sites for hydroxylation is 1. The van der Waals surface area contributed by atoms with E-state index in [-0.39, 0.29) is 18.8 Å². The highest BCUT2D eigenvalue weighted by Crippen LogP contribution is 2.12. The van der Waals surface area contributed by atoms with Gasteiger partial charge in [-0.3, -0.25) is 0 Å². The molecule has 0 aromatic heterocycles. The molecular weight excluding hydrogens is 335 g/mol. The summed E-state index contributed by atoms with van der Waals surface area (Å²) in [7, 11) is 0. The van der Waals surface area contributed by atoms with Crippen molar-refractivity contribution in [3.8, 4) is 0 Å². The maximum atomic E-state index is 10.6. The van der Waals surface area contributed by atoms with Crippen molar-refractivity contribution in [3.63, 3.8) is 0 Å². The summed E-state index contributed by atoms with van der Waals surface area (Å²) in [5.41, 5.74) is 0.570. The van der Waals surface area contributed by atoms with E-state index in [0.717, 1.165) is 6.07 Å². The first kappa shape index (κ1) is 20.9. The van der Waals surface area contributed by atoms with E-state index in [0.29, 0.717) is 5.56 Å². The van der Waals surface area contributed by atoms with Crippen LogP contribution in [0.4, 0.5) is 0 Å². The average molecular weight is 353 g/mol. The molecule has 1 radical (unpaired) electrons. The van der Waals surface area contributed by atoms with Crippen molar-refractivity contribution in [2.75, 3.05) is 0 Å². The Morgan fingerprint density at radius 1 is 0.769 bits per heavy atom. The molecule has 0 amide bonds. The number of carbonyl (C=O) groups is 2. The van der Waals surface area contributed by atoms with Crippen molar-refractivity contribution in [3.05, 3.63) is 83.4 Å². The number of fused-ring (bicyclic) bond motifs is 1. The lowest BCUT2D eigenvalue weighted by atomic mass is 10.1. The molecule has 3 aromatic carbocycles. The van der Waals surface area contributed by atoms with E-state index in [2.05, 4.69) is 48.5 Å². The van der Waals surface area contributed by atoms with Crippen LogP contribution in [0.2, 0.25) is 0 Å². The quantitative estimate of drug-likeness (QED) is 0.527. The Labute approximate surface area is 151 Å². The molecule has 0 unspecified atom stereocenters. The lowest BCUT2D eigenvalue weighted by molar-refractivity contribution is 0.0695. The van der Waals surface area contributed by atoms with Crippen LogP contribution in [-0.2, 0) is 0 Å². The topological polar surface area (TPSA) is 115 Å². The fourth-order valence-corrected chi connectivity index (χ4v) is 2.12. The van der Waals surface area contributed by atoms with Gasteiger partial charge in [0.05, 0.1) is 11.1 Å². The molecule has 0 saturated carbocycles. The zero-order valence-corrected chi connectivity index (χ0v) is 14.0. The number of aromatic carboxylic acids is 2. The first-order valence-electron chi connectivity index (χ1n) is 7.51. The molecule has 0 fully saturated rings. The summed E-state index contributed by atoms with van der Waals surface area (Å²) in [6.07, 6.45) is 0. The third-order valence-electron chi connectivity index (χ3n) is 3.37. The second-order valence-corrected chi connectivity index (χ2v) is 5.10. The van der Waals surface area contributed by atoms with Crippen molar-refractivity contribution >= 4 is 30.4 Å². The summed E-state index contributed by atoms with van der Waals surface area (Å²) in [6.45, 7) is 1.62. The Kier molecular flexibility index (Phi) is 8.56. The molecule has 0 aliphatic carbocycles. The van der Waals surface area contributed by atoms with Crippen LogP contribution in [0.3, 0.4) is 0 Å². The summed E-state index contributed by atoms with van der Waals surface area (Å²) < 4.78 is 0. The zero-order valence-electron chi connectivity index (χ0n) is 14.0. The molecule has 3 aromatic rings. The van der Waals surface area contributed by atoms with Crippen LogP contribution >= 0.6 is 0 Å². The number of hydrogen-bond acceptors (Lipinski definition) is 4. The number of carboxylic acid groups (broad SMARTS) is 2. The van der Waals surface area contributed by atoms with Gasteiger partial charge in [-0.15, -0.1) is 0 Å². The highest BCUT2D eigenvalue weighted by molar-refractivity contribution is 6.13. The maximum Gasteiger partial charge on any atom is 0.482 e. The zero-order chi connectivity index (χ0) is 19.5. The monoisotopic (exact) mass is 353 g/mol. The van der Waals surface area contributed by atoms with Crippen LogP contribution in [0.15, 0.2) is 66.7 Å². The molecule has 26 heavy (non-hydrogen) atoms. The SMILES string of the molecule is Cc1ccc(C(=O)O)cc1C(=O)O.O[B]O.c1ccc2ccccc2c1. The molecular formula is C19H18BO6. The number of benzene rings is 3. The van der Waals surface area contributed by atoms with E-state index < -0.39 is 11.9 Å². The molecule has 3 rings (SSSR count). The van der Waals surface area contributed by atoms with Gasteiger partial charge in [-0.25, -0.2) is 9.59 Å². The van der Waals surface area contributed by atoms with Gasteiger partial charge in [0, 0.05) is 0 Å². The summed E-state index contributed by atoms with van der Waals surface area (Å²) in [5.74, 6) is -2.23. The van der Waals surface area contributed by atoms with Crippen molar-refractivity contribution in [1.82, 2.24) is 0 Å². The van der Waals surface area contributed by atoms with Crippen molar-refractivity contribution in [2.45, 2.75) is 6.92 Å². The second-order valence-electron chi connectivity index (χ2n) is 5.10. The maximum absolute atomic E-state index is 10.6. The third kappa shape index (κ3) is 6.39. The van der Waals surface area contributed by atoms with Crippen molar-refractivity contribution in [2.24, 2.45) is 0 Å². The number of hydrogen-bond donors (Lipinski definition) is 4. The highest BCUT2D eigenvalue weighted by Gasteiger charge is 2.10. The Bertz CT molecular complexity index is 813. The smallest absolute Gasteiger partial charge is 0.478 e. The van der Waals surface area contributed by atoms with Gasteiger partial charge in [0.2, 0.25) is 0 Å². The van der Waals surface area contributed by atoms with Crippen molar-refractivity contribution < 1.29 is 29.9 Å². The molecule has 0 saturated heterocycles. The minimum absolute atomic E-state index is 0. The minimum Gasteiger partial charge on any atom is -0.478 e. The Morgan fingerprint density at radius 3 is 1.54 bits per heavy atom. The van der Waals surface area contributed by atoms with E-state index in [1.165, 1.54) is 22.9 Å². The summed E-state index contributed by atoms with van der Waals surface area (Å²) in [6, 6.07) is 20.7. The van der Waals surface area contributed by atoms with Crippen LogP contribution in [-0.4, -0.2) is 39.9 Å². The van der Waals surface area contributed by atoms with Crippen LogP contribution in [0.5, 0.6) is 0 Å². The number of rotatable bonds is 2. The minimum atomic E-state index is -1.12. The van der Waals surface area contributed by atoms with Crippen LogP contribution in [0.25, 0.3) is 10.8 Å². The predicted octanol–water partition coefficient (Wildman–Crippen LogP) is 2.74. The van der Waals surface area contributed by atoms with Gasteiger partial charge < -0.3 is 20.3 Å². The molecule has 6 nitrogen and oxygen atoms in total. The summed E-state index contributed by atoms with van der Waals surface area (Å²) in [5, 5.41) is 33.9. The predicted molar refractivity (Wildman–Crippen MR) is 99.2 cm³/mol. The molecule has 4 N–H and O–H groups in total. The van der Waals surface area contributed by atoms with E-state index >= 15 is 0 Å². The Balaban J connectivity index is 0.000000231. The van der Waals surface area contributed by atoms with Crippen molar-refractivity contribution in [1.29, 1.82) is 0 Å². The lowest BCUT2D eigenvalue weighted by Crippen LogP contribution is -2.03. The Hall–Kier alpha value is -3.16. The normalized spacial score (nSPS) is 9.19. The highest BCUT2D eigenvalue weighted by atomic mass is 16.4. The van der Waals surface area contributed by atoms with E-state index in [1.54, 1.807) is 6.92 Å². The van der Waals surface area contributed by atoms with Gasteiger partial charge in [0.25, 0.3) is 0 Å². The largest absolute Gasteiger partial charge is 0.482 e. The van der Waals surface area contributed by atoms with Crippen LogP contribution < -0.4 is 0 Å². The van der Waals surface area contributed by atoms with Crippen LogP contribution in [0.1, 0.15) is 26.3 Å². The third-order valence-corrected chi connectivity index (χ3v) is 3.37. The van der Waals surface area contributed by atoms with Gasteiger partial charge in [0.1, 0.15) is 0 Å². The summed E-state index contributed by atoms with van der Waals surface area (Å²) in [4.78, 5) is 21.1. The van der Waals surface area contributed by atoms with E-state index in [9.17, 15) is 9.59 Å². The Morgan fingerprint density at radius 2 is 1.19 bits per heavy atom. The standard InChI is InChI=1S/C10H8.C9H8O4.BH2O2/c1-2-6-10-8-4-3-7-9(10)5-1;1-5-2-3-6(8(10)11)4-7(5)9(12)13;2-1-3/h1-8H;2-4H,1H3,(H,10,11)(H,12,13);2-3H. The lowest BCUT2D eigenvalue weighted by Gasteiger charge is -2.01. The number of carboxylic acids is 2. The molecule has 0 spiro atoms. The molecule has 0 bridgehead atoms. The molecule has 7 heteroatoms. The fourth-order valence-electron chi connectivity index (χ4n) is 2.12. The first-order valence-corrected chi connectivity index (χ1v) is 7.51. The van der Waals surface area contributed by atoms with Gasteiger partial charge in [-0.2, -0.15) is 0 Å². The van der Waals surface area contributed by atoms with Gasteiger partial charge in [-0.1, -0.05) is 54.6 Å². The molecule has 133 valence electrons. The van der Waals surface area contributed by atoms with Gasteiger partial charge in [0.15, 0.2) is 0 Å². The second kappa shape index (κ2) is 10.7. The van der Waals surface area contributed by atoms with E-state index in [1.807, 2.05) is 0 Å². The average Bonchev–Trinajstić information content (AvgIpc) is 2.63. The molecule has 0 heterocycles. The van der Waals surface area contributed by atoms with E-state index in [4.69, 9.17) is 20.3 Å².